The highest BCUT2D eigenvalue weighted by Crippen LogP contribution is 2.38. The van der Waals surface area contributed by atoms with Crippen LogP contribution in [0.3, 0.4) is 0 Å². The second-order valence-electron chi connectivity index (χ2n) is 24.9. The van der Waals surface area contributed by atoms with E-state index >= 15 is 0 Å². The van der Waals surface area contributed by atoms with Gasteiger partial charge >= 0.3 is 0 Å². The normalized spacial score (nSPS) is 14.0. The van der Waals surface area contributed by atoms with Crippen molar-refractivity contribution in [1.29, 1.82) is 0 Å². The van der Waals surface area contributed by atoms with E-state index in [1.165, 1.54) is 250 Å². The molecule has 0 rings (SSSR count). The third-order valence-corrected chi connectivity index (χ3v) is 16.7. The Morgan fingerprint density at radius 3 is 1.11 bits per heavy atom. The predicted octanol–water partition coefficient (Wildman–Crippen LogP) is 21.4. The summed E-state index contributed by atoms with van der Waals surface area (Å²) >= 11 is 0. The minimum atomic E-state index is -4.60. The molecule has 9 heteroatoms. The Kier molecular flexibility index (Phi) is 60.4. The molecule has 0 heterocycles. The molecule has 0 aromatic heterocycles. The zero-order valence-corrected chi connectivity index (χ0v) is 54.7. The number of aliphatic hydroxyl groups is 1. The van der Waals surface area contributed by atoms with Gasteiger partial charge in [-0.1, -0.05) is 331 Å². The lowest BCUT2D eigenvalue weighted by molar-refractivity contribution is -0.870. The molecule has 470 valence electrons. The summed E-state index contributed by atoms with van der Waals surface area (Å²) < 4.78 is 23.5. The van der Waals surface area contributed by atoms with Gasteiger partial charge in [-0.25, -0.2) is 0 Å². The van der Waals surface area contributed by atoms with Crippen molar-refractivity contribution in [3.8, 4) is 0 Å². The van der Waals surface area contributed by atoms with Crippen LogP contribution in [-0.2, 0) is 18.4 Å². The smallest absolute Gasteiger partial charge is 0.268 e. The number of rotatable bonds is 64. The van der Waals surface area contributed by atoms with Crippen molar-refractivity contribution < 1.29 is 32.9 Å². The summed E-state index contributed by atoms with van der Waals surface area (Å²) in [5.41, 5.74) is 0. The predicted molar refractivity (Wildman–Crippen MR) is 348 cm³/mol. The molecule has 2 N–H and O–H groups in total. The number of carbonyl (C=O) groups excluding carboxylic acids is 1. The number of aliphatic hydroxyl groups excluding tert-OH is 1. The van der Waals surface area contributed by atoms with Crippen molar-refractivity contribution in [2.75, 3.05) is 40.9 Å². The summed E-state index contributed by atoms with van der Waals surface area (Å²) in [5.74, 6) is -0.192. The van der Waals surface area contributed by atoms with Gasteiger partial charge < -0.3 is 28.8 Å². The SMILES string of the molecule is CC/C=C\C/C=C\C/C=C\C/C=C\CCCCCCCCCCCCCCCCCCCCCCC(=O)NC(COP(=O)([O-])OCC[N+](C)(C)C)C(O)/C=C/CCCCCCCCCCCCCCCCCCCCCCCCC. The maximum absolute atomic E-state index is 13.0. The number of allylic oxidation sites excluding steroid dienone is 9. The average molecular weight is 1140 g/mol. The molecule has 0 saturated carbocycles. The van der Waals surface area contributed by atoms with E-state index < -0.39 is 20.0 Å². The molecule has 1 amide bonds. The molecule has 0 spiro atoms. The van der Waals surface area contributed by atoms with E-state index in [1.807, 2.05) is 27.2 Å². The highest BCUT2D eigenvalue weighted by atomic mass is 31.2. The van der Waals surface area contributed by atoms with Crippen molar-refractivity contribution in [2.45, 2.75) is 347 Å². The molecule has 0 aromatic rings. The van der Waals surface area contributed by atoms with Crippen molar-refractivity contribution >= 4 is 13.7 Å². The fourth-order valence-corrected chi connectivity index (χ4v) is 11.1. The van der Waals surface area contributed by atoms with E-state index in [-0.39, 0.29) is 19.1 Å². The Labute approximate surface area is 498 Å². The molecule has 0 aromatic carbocycles. The first-order chi connectivity index (χ1) is 39.0. The number of nitrogens with zero attached hydrogens (tertiary/aromatic N) is 1. The van der Waals surface area contributed by atoms with Crippen LogP contribution in [0.1, 0.15) is 335 Å². The number of quaternary nitrogens is 1. The third-order valence-electron chi connectivity index (χ3n) is 15.7. The van der Waals surface area contributed by atoms with Crippen molar-refractivity contribution in [3.63, 3.8) is 0 Å². The summed E-state index contributed by atoms with van der Waals surface area (Å²) in [4.78, 5) is 25.6. The lowest BCUT2D eigenvalue weighted by Gasteiger charge is -2.29. The van der Waals surface area contributed by atoms with Crippen LogP contribution in [0.5, 0.6) is 0 Å². The summed E-state index contributed by atoms with van der Waals surface area (Å²) in [6, 6.07) is -0.888. The van der Waals surface area contributed by atoms with Gasteiger partial charge in [0.25, 0.3) is 7.82 Å². The molecule has 0 aliphatic carbocycles. The Balaban J connectivity index is 4.04. The summed E-state index contributed by atoms with van der Waals surface area (Å²) in [6.45, 7) is 4.59. The van der Waals surface area contributed by atoms with Crippen LogP contribution in [0.15, 0.2) is 60.8 Å². The number of phosphoric acid groups is 1. The van der Waals surface area contributed by atoms with Gasteiger partial charge in [0.05, 0.1) is 39.9 Å². The molecular formula is C71H135N2O6P. The number of carbonyl (C=O) groups is 1. The van der Waals surface area contributed by atoms with Crippen LogP contribution in [0.25, 0.3) is 0 Å². The van der Waals surface area contributed by atoms with Gasteiger partial charge in [0.2, 0.25) is 5.91 Å². The molecule has 0 fully saturated rings. The summed E-state index contributed by atoms with van der Waals surface area (Å²) in [5, 5.41) is 14.0. The highest BCUT2D eigenvalue weighted by molar-refractivity contribution is 7.45. The van der Waals surface area contributed by atoms with E-state index in [9.17, 15) is 19.4 Å². The Hall–Kier alpha value is -1.80. The van der Waals surface area contributed by atoms with Crippen molar-refractivity contribution in [2.24, 2.45) is 0 Å². The molecular weight excluding hydrogens is 1010 g/mol. The van der Waals surface area contributed by atoms with Gasteiger partial charge in [-0.2, -0.15) is 0 Å². The largest absolute Gasteiger partial charge is 0.756 e. The van der Waals surface area contributed by atoms with Crippen LogP contribution >= 0.6 is 7.82 Å². The Morgan fingerprint density at radius 1 is 0.450 bits per heavy atom. The molecule has 3 atom stereocenters. The van der Waals surface area contributed by atoms with Crippen molar-refractivity contribution in [1.82, 2.24) is 5.32 Å². The summed E-state index contributed by atoms with van der Waals surface area (Å²) in [7, 11) is 1.27. The topological polar surface area (TPSA) is 108 Å². The average Bonchev–Trinajstić information content (AvgIpc) is 3.42. The standard InChI is InChI=1S/C71H135N2O6P/c1-6-8-10-12-14-16-18-20-22-24-26-28-30-32-33-34-35-36-37-38-39-41-43-45-47-49-51-53-55-57-59-61-63-65-71(75)72-69(68-79-80(76,77)78-67-66-73(3,4)5)70(74)64-62-60-58-56-54-52-50-48-46-44-42-40-31-29-27-25-23-21-19-17-15-13-11-9-7-2/h8,10,14,16,20,22,26,28,62,64,69-70,74H,6-7,9,11-13,15,17-19,21,23-25,27,29-61,63,65-68H2,1-5H3,(H-,72,75,76,77)/b10-8-,16-14-,22-20-,28-26-,64-62+. The monoisotopic (exact) mass is 1140 g/mol. The van der Waals surface area contributed by atoms with Gasteiger partial charge in [-0.15, -0.1) is 0 Å². The van der Waals surface area contributed by atoms with Gasteiger partial charge in [0.1, 0.15) is 13.2 Å². The van der Waals surface area contributed by atoms with Gasteiger partial charge in [-0.3, -0.25) is 9.36 Å². The van der Waals surface area contributed by atoms with Gasteiger partial charge in [0.15, 0.2) is 0 Å². The lowest BCUT2D eigenvalue weighted by Crippen LogP contribution is -2.45. The zero-order valence-electron chi connectivity index (χ0n) is 53.8. The van der Waals surface area contributed by atoms with Crippen LogP contribution in [0, 0.1) is 0 Å². The Morgan fingerprint density at radius 2 is 0.762 bits per heavy atom. The van der Waals surface area contributed by atoms with Crippen molar-refractivity contribution in [3.05, 3.63) is 60.8 Å². The zero-order chi connectivity index (χ0) is 58.4. The second kappa shape index (κ2) is 61.8. The number of nitrogens with one attached hydrogen (secondary N) is 1. The second-order valence-corrected chi connectivity index (χ2v) is 26.3. The number of unbranched alkanes of at least 4 members (excludes halogenated alkanes) is 43. The molecule has 8 nitrogen and oxygen atoms in total. The first-order valence-corrected chi connectivity index (χ1v) is 36.1. The highest BCUT2D eigenvalue weighted by Gasteiger charge is 2.23. The third kappa shape index (κ3) is 63.8. The first-order valence-electron chi connectivity index (χ1n) is 34.7. The number of phosphoric ester groups is 1. The molecule has 0 radical (unpaired) electrons. The fraction of sp³-hybridized carbons (Fsp3) is 0.845. The molecule has 0 aliphatic rings. The molecule has 0 bridgehead atoms. The van der Waals surface area contributed by atoms with Crippen LogP contribution in [-0.4, -0.2) is 68.5 Å². The fourth-order valence-electron chi connectivity index (χ4n) is 10.4. The van der Waals surface area contributed by atoms with Gasteiger partial charge in [0, 0.05) is 6.42 Å². The lowest BCUT2D eigenvalue weighted by atomic mass is 10.0. The minimum absolute atomic E-state index is 0.000144. The molecule has 0 aliphatic heterocycles. The van der Waals surface area contributed by atoms with E-state index in [0.29, 0.717) is 17.4 Å². The van der Waals surface area contributed by atoms with Crippen LogP contribution in [0.2, 0.25) is 0 Å². The Bertz CT molecular complexity index is 1490. The number of hydrogen-bond acceptors (Lipinski definition) is 6. The molecule has 80 heavy (non-hydrogen) atoms. The van der Waals surface area contributed by atoms with E-state index in [1.54, 1.807) is 6.08 Å². The van der Waals surface area contributed by atoms with E-state index in [4.69, 9.17) is 9.05 Å². The van der Waals surface area contributed by atoms with E-state index in [2.05, 4.69) is 67.8 Å². The van der Waals surface area contributed by atoms with E-state index in [0.717, 1.165) is 64.2 Å². The minimum Gasteiger partial charge on any atom is -0.756 e. The number of hydrogen-bond donors (Lipinski definition) is 2. The number of amides is 1. The molecule has 0 saturated heterocycles. The summed E-state index contributed by atoms with van der Waals surface area (Å²) in [6.07, 6.45) is 84.8. The maximum Gasteiger partial charge on any atom is 0.268 e. The van der Waals surface area contributed by atoms with Gasteiger partial charge in [-0.05, 0) is 57.8 Å². The maximum atomic E-state index is 13.0. The first kappa shape index (κ1) is 78.2. The number of likely N-dealkylation sites (N-methyl/N-ethyl adjacent to an activating group) is 1. The van der Waals surface area contributed by atoms with Crippen LogP contribution < -0.4 is 10.2 Å². The quantitative estimate of drug-likeness (QED) is 0.0272. The molecule has 3 unspecified atom stereocenters. The van der Waals surface area contributed by atoms with Crippen LogP contribution in [0.4, 0.5) is 0 Å².